The molecular formula is C23H23F5N2O2. The molecule has 0 heterocycles. The van der Waals surface area contributed by atoms with Crippen LogP contribution in [-0.4, -0.2) is 17.9 Å². The van der Waals surface area contributed by atoms with Gasteiger partial charge in [0, 0.05) is 36.8 Å². The van der Waals surface area contributed by atoms with Crippen molar-refractivity contribution in [1.29, 1.82) is 0 Å². The summed E-state index contributed by atoms with van der Waals surface area (Å²) in [6.07, 6.45) is -5.75. The van der Waals surface area contributed by atoms with E-state index in [9.17, 15) is 31.5 Å². The fraction of sp³-hybridized carbons (Fsp3) is 0.391. The first-order valence-electron chi connectivity index (χ1n) is 10.1. The number of hydrogen-bond donors (Lipinski definition) is 2. The maximum atomic E-state index is 13.8. The first-order valence-corrected chi connectivity index (χ1v) is 10.1. The van der Waals surface area contributed by atoms with Crippen molar-refractivity contribution >= 4 is 23.1 Å². The van der Waals surface area contributed by atoms with Gasteiger partial charge in [-0.05, 0) is 36.6 Å². The van der Waals surface area contributed by atoms with Crippen LogP contribution in [0.15, 0.2) is 48.5 Å². The van der Waals surface area contributed by atoms with Crippen molar-refractivity contribution in [2.75, 3.05) is 5.32 Å². The normalized spacial score (nSPS) is 15.2. The molecule has 1 aliphatic rings. The smallest absolute Gasteiger partial charge is 0.355 e. The number of benzene rings is 2. The molecule has 2 aromatic rings. The number of rotatable bonds is 9. The lowest BCUT2D eigenvalue weighted by molar-refractivity contribution is -0.154. The second-order valence-electron chi connectivity index (χ2n) is 8.23. The van der Waals surface area contributed by atoms with Gasteiger partial charge in [-0.15, -0.1) is 0 Å². The molecule has 0 unspecified atom stereocenters. The molecule has 0 bridgehead atoms. The quantitative estimate of drug-likeness (QED) is 0.468. The van der Waals surface area contributed by atoms with Crippen LogP contribution in [0.4, 0.5) is 33.3 Å². The topological polar surface area (TPSA) is 58.2 Å². The Labute approximate surface area is 182 Å². The molecular weight excluding hydrogens is 431 g/mol. The lowest BCUT2D eigenvalue weighted by atomic mass is 9.96. The van der Waals surface area contributed by atoms with Gasteiger partial charge in [0.05, 0.1) is 5.41 Å². The molecule has 3 rings (SSSR count). The van der Waals surface area contributed by atoms with Gasteiger partial charge in [-0.3, -0.25) is 9.59 Å². The third-order valence-electron chi connectivity index (χ3n) is 5.35. The van der Waals surface area contributed by atoms with Crippen molar-refractivity contribution in [2.45, 2.75) is 51.3 Å². The van der Waals surface area contributed by atoms with Crippen LogP contribution >= 0.6 is 0 Å². The molecule has 172 valence electrons. The number of para-hydroxylation sites is 1. The molecule has 0 saturated heterocycles. The van der Waals surface area contributed by atoms with E-state index in [2.05, 4.69) is 10.6 Å². The molecule has 2 N–H and O–H groups in total. The van der Waals surface area contributed by atoms with Crippen molar-refractivity contribution in [1.82, 2.24) is 5.32 Å². The Kier molecular flexibility index (Phi) is 6.57. The number of carbonyl (C=O) groups excluding carboxylic acids is 2. The summed E-state index contributed by atoms with van der Waals surface area (Å²) < 4.78 is 64.6. The Morgan fingerprint density at radius 3 is 2.16 bits per heavy atom. The number of carbonyl (C=O) groups is 2. The molecule has 1 fully saturated rings. The van der Waals surface area contributed by atoms with E-state index in [1.54, 1.807) is 36.4 Å². The molecule has 32 heavy (non-hydrogen) atoms. The molecule has 1 aliphatic carbocycles. The SMILES string of the molecule is CC(F)(F)c1ccccc1Nc1ccc(CNC(=O)C2(CC(=O)CC(F)(F)F)CC2)cc1. The number of ketones is 1. The Morgan fingerprint density at radius 1 is 0.969 bits per heavy atom. The molecule has 1 saturated carbocycles. The zero-order chi connectivity index (χ0) is 23.6. The second-order valence-corrected chi connectivity index (χ2v) is 8.23. The number of halogens is 5. The summed E-state index contributed by atoms with van der Waals surface area (Å²) in [5.41, 5.74) is 0.397. The van der Waals surface area contributed by atoms with E-state index < -0.39 is 42.0 Å². The van der Waals surface area contributed by atoms with E-state index in [-0.39, 0.29) is 17.8 Å². The number of hydrogen-bond acceptors (Lipinski definition) is 3. The van der Waals surface area contributed by atoms with E-state index in [1.807, 2.05) is 0 Å². The number of amides is 1. The van der Waals surface area contributed by atoms with Gasteiger partial charge in [-0.1, -0.05) is 30.3 Å². The Morgan fingerprint density at radius 2 is 1.59 bits per heavy atom. The average molecular weight is 454 g/mol. The van der Waals surface area contributed by atoms with Gasteiger partial charge in [0.15, 0.2) is 0 Å². The third-order valence-corrected chi connectivity index (χ3v) is 5.35. The van der Waals surface area contributed by atoms with E-state index in [4.69, 9.17) is 0 Å². The fourth-order valence-electron chi connectivity index (χ4n) is 3.50. The highest BCUT2D eigenvalue weighted by atomic mass is 19.4. The highest BCUT2D eigenvalue weighted by Gasteiger charge is 2.51. The average Bonchev–Trinajstić information content (AvgIpc) is 3.46. The monoisotopic (exact) mass is 454 g/mol. The summed E-state index contributed by atoms with van der Waals surface area (Å²) >= 11 is 0. The Hall–Kier alpha value is -2.97. The van der Waals surface area contributed by atoms with Crippen molar-refractivity contribution < 1.29 is 31.5 Å². The van der Waals surface area contributed by atoms with E-state index in [0.717, 1.165) is 12.5 Å². The minimum atomic E-state index is -4.58. The lowest BCUT2D eigenvalue weighted by Crippen LogP contribution is -2.33. The standard InChI is InChI=1S/C23H23F5N2O2/c1-21(24,25)18-4-2-3-5-19(18)30-16-8-6-15(7-9-16)14-29-20(32)22(10-11-22)12-17(31)13-23(26,27)28/h2-9,30H,10-14H2,1H3,(H,29,32). The summed E-state index contributed by atoms with van der Waals surface area (Å²) in [6.45, 7) is 0.959. The lowest BCUT2D eigenvalue weighted by Gasteiger charge is -2.17. The van der Waals surface area contributed by atoms with Gasteiger partial charge in [0.1, 0.15) is 12.2 Å². The van der Waals surface area contributed by atoms with Gasteiger partial charge in [-0.2, -0.15) is 13.2 Å². The zero-order valence-electron chi connectivity index (χ0n) is 17.4. The van der Waals surface area contributed by atoms with Crippen LogP contribution in [0.25, 0.3) is 0 Å². The molecule has 0 atom stereocenters. The van der Waals surface area contributed by atoms with Crippen LogP contribution in [0.3, 0.4) is 0 Å². The first kappa shape index (κ1) is 23.7. The molecule has 0 spiro atoms. The summed E-state index contributed by atoms with van der Waals surface area (Å²) in [5, 5.41) is 5.62. The Balaban J connectivity index is 1.56. The summed E-state index contributed by atoms with van der Waals surface area (Å²) in [4.78, 5) is 24.0. The van der Waals surface area contributed by atoms with Crippen molar-refractivity contribution in [3.8, 4) is 0 Å². The van der Waals surface area contributed by atoms with Gasteiger partial charge >= 0.3 is 6.18 Å². The van der Waals surface area contributed by atoms with Gasteiger partial charge < -0.3 is 10.6 Å². The predicted octanol–water partition coefficient (Wildman–Crippen LogP) is 5.85. The maximum absolute atomic E-state index is 13.8. The first-order chi connectivity index (χ1) is 14.9. The van der Waals surface area contributed by atoms with Gasteiger partial charge in [0.2, 0.25) is 5.91 Å². The summed E-state index contributed by atoms with van der Waals surface area (Å²) in [7, 11) is 0. The van der Waals surface area contributed by atoms with Crippen molar-refractivity contribution in [2.24, 2.45) is 5.41 Å². The van der Waals surface area contributed by atoms with E-state index >= 15 is 0 Å². The van der Waals surface area contributed by atoms with E-state index in [1.165, 1.54) is 12.1 Å². The van der Waals surface area contributed by atoms with Crippen LogP contribution in [0, 0.1) is 5.41 Å². The zero-order valence-corrected chi connectivity index (χ0v) is 17.4. The largest absolute Gasteiger partial charge is 0.395 e. The van der Waals surface area contributed by atoms with Crippen LogP contribution < -0.4 is 10.6 Å². The highest BCUT2D eigenvalue weighted by molar-refractivity contribution is 5.92. The maximum Gasteiger partial charge on any atom is 0.395 e. The molecule has 2 aromatic carbocycles. The summed E-state index contributed by atoms with van der Waals surface area (Å²) in [5.74, 6) is -4.43. The molecule has 0 aromatic heterocycles. The number of anilines is 2. The minimum Gasteiger partial charge on any atom is -0.355 e. The highest BCUT2D eigenvalue weighted by Crippen LogP contribution is 2.49. The van der Waals surface area contributed by atoms with Crippen LogP contribution in [0.5, 0.6) is 0 Å². The second kappa shape index (κ2) is 8.88. The van der Waals surface area contributed by atoms with Crippen molar-refractivity contribution in [3.63, 3.8) is 0 Å². The molecule has 9 heteroatoms. The van der Waals surface area contributed by atoms with Crippen molar-refractivity contribution in [3.05, 3.63) is 59.7 Å². The Bertz CT molecular complexity index is 977. The third kappa shape index (κ3) is 6.27. The minimum absolute atomic E-state index is 0.133. The van der Waals surface area contributed by atoms with Gasteiger partial charge in [0.25, 0.3) is 5.92 Å². The molecule has 1 amide bonds. The van der Waals surface area contributed by atoms with Crippen LogP contribution in [0.1, 0.15) is 43.7 Å². The fourth-order valence-corrected chi connectivity index (χ4v) is 3.50. The number of Topliss-reactive ketones (excluding diaryl/α,β-unsaturated/α-hetero) is 1. The number of alkyl halides is 5. The van der Waals surface area contributed by atoms with Crippen LogP contribution in [0.2, 0.25) is 0 Å². The molecule has 0 radical (unpaired) electrons. The summed E-state index contributed by atoms with van der Waals surface area (Å²) in [6, 6.07) is 12.8. The molecule has 0 aliphatic heterocycles. The number of nitrogens with one attached hydrogen (secondary N) is 2. The van der Waals surface area contributed by atoms with Crippen LogP contribution in [-0.2, 0) is 22.1 Å². The van der Waals surface area contributed by atoms with E-state index in [0.29, 0.717) is 18.5 Å². The predicted molar refractivity (Wildman–Crippen MR) is 110 cm³/mol. The van der Waals surface area contributed by atoms with Gasteiger partial charge in [-0.25, -0.2) is 8.78 Å². The molecule has 4 nitrogen and oxygen atoms in total.